The van der Waals surface area contributed by atoms with Crippen LogP contribution in [-0.4, -0.2) is 23.6 Å². The average molecular weight is 392 g/mol. The number of benzene rings is 2. The number of hydrogen-bond donors (Lipinski definition) is 0. The summed E-state index contributed by atoms with van der Waals surface area (Å²) in [5.41, 5.74) is 1.84. The molecule has 0 N–H and O–H groups in total. The van der Waals surface area contributed by atoms with Gasteiger partial charge in [0.05, 0.1) is 6.61 Å². The molecule has 2 aromatic rings. The molecule has 1 aliphatic rings. The lowest BCUT2D eigenvalue weighted by Gasteiger charge is -2.10. The number of para-hydroxylation sites is 2. The van der Waals surface area contributed by atoms with Gasteiger partial charge in [0.25, 0.3) is 0 Å². The summed E-state index contributed by atoms with van der Waals surface area (Å²) in [6.45, 7) is 2.35. The van der Waals surface area contributed by atoms with E-state index in [9.17, 15) is 4.79 Å². The van der Waals surface area contributed by atoms with Gasteiger partial charge in [-0.1, -0.05) is 59.6 Å². The smallest absolute Gasteiger partial charge is 0.330 e. The van der Waals surface area contributed by atoms with Crippen LogP contribution in [0.1, 0.15) is 18.5 Å². The quantitative estimate of drug-likeness (QED) is 0.221. The van der Waals surface area contributed by atoms with Gasteiger partial charge >= 0.3 is 5.97 Å². The fraction of sp³-hybridized carbons (Fsp3) is 0.250. The lowest BCUT2D eigenvalue weighted by Crippen LogP contribution is -2.02. The third kappa shape index (κ3) is 3.97. The number of rotatable bonds is 7. The molecule has 1 aliphatic heterocycles. The molecule has 1 heterocycles. The largest absolute Gasteiger partial charge is 0.489 e. The van der Waals surface area contributed by atoms with Gasteiger partial charge in [0.2, 0.25) is 4.46 Å². The SMILES string of the molecule is CCOC(=O)/C=C/COc1ccccc1C1N(c2ccccc2)C1(Cl)Cl. The maximum Gasteiger partial charge on any atom is 0.330 e. The van der Waals surface area contributed by atoms with E-state index in [0.717, 1.165) is 11.3 Å². The number of nitrogens with zero attached hydrogens (tertiary/aromatic N) is 1. The van der Waals surface area contributed by atoms with E-state index < -0.39 is 4.46 Å². The van der Waals surface area contributed by atoms with Gasteiger partial charge in [-0.25, -0.2) is 4.79 Å². The fourth-order valence-electron chi connectivity index (χ4n) is 2.79. The molecule has 1 atom stereocenters. The topological polar surface area (TPSA) is 38.5 Å². The number of carbonyl (C=O) groups excluding carboxylic acids is 1. The van der Waals surface area contributed by atoms with Crippen molar-refractivity contribution in [2.45, 2.75) is 17.4 Å². The highest BCUT2D eigenvalue weighted by Gasteiger charge is 2.62. The van der Waals surface area contributed by atoms with Crippen molar-refractivity contribution in [1.29, 1.82) is 0 Å². The van der Waals surface area contributed by atoms with Crippen LogP contribution < -0.4 is 9.64 Å². The van der Waals surface area contributed by atoms with Crippen molar-refractivity contribution in [1.82, 2.24) is 0 Å². The van der Waals surface area contributed by atoms with Gasteiger partial charge in [-0.3, -0.25) is 0 Å². The Balaban J connectivity index is 1.73. The molecule has 0 aliphatic carbocycles. The fourth-order valence-corrected chi connectivity index (χ4v) is 3.51. The Labute approximate surface area is 162 Å². The molecule has 0 radical (unpaired) electrons. The van der Waals surface area contributed by atoms with Gasteiger partial charge in [0, 0.05) is 17.3 Å². The molecule has 26 heavy (non-hydrogen) atoms. The summed E-state index contributed by atoms with van der Waals surface area (Å²) in [5.74, 6) is 0.289. The highest BCUT2D eigenvalue weighted by Crippen LogP contribution is 2.62. The first kappa shape index (κ1) is 18.6. The number of halogens is 2. The Morgan fingerprint density at radius 1 is 1.15 bits per heavy atom. The zero-order chi connectivity index (χ0) is 18.6. The predicted octanol–water partition coefficient (Wildman–Crippen LogP) is 4.88. The van der Waals surface area contributed by atoms with Gasteiger partial charge < -0.3 is 14.4 Å². The number of anilines is 1. The van der Waals surface area contributed by atoms with E-state index in [1.54, 1.807) is 13.0 Å². The molecule has 4 nitrogen and oxygen atoms in total. The standard InChI is InChI=1S/C20H19Cl2NO3/c1-2-25-18(24)13-8-14-26-17-12-7-6-11-16(17)19-20(21,22)23(19)15-9-4-3-5-10-15/h3-13,19H,2,14H2,1H3/b13-8+. The van der Waals surface area contributed by atoms with Crippen molar-refractivity contribution < 1.29 is 14.3 Å². The van der Waals surface area contributed by atoms with Gasteiger partial charge in [0.15, 0.2) is 0 Å². The minimum atomic E-state index is -1.03. The van der Waals surface area contributed by atoms with Crippen LogP contribution >= 0.6 is 23.2 Å². The van der Waals surface area contributed by atoms with Crippen LogP contribution in [0.2, 0.25) is 0 Å². The Morgan fingerprint density at radius 3 is 2.58 bits per heavy atom. The molecule has 6 heteroatoms. The number of carbonyl (C=O) groups is 1. The Morgan fingerprint density at radius 2 is 1.85 bits per heavy atom. The van der Waals surface area contributed by atoms with Gasteiger partial charge in [-0.15, -0.1) is 0 Å². The van der Waals surface area contributed by atoms with E-state index >= 15 is 0 Å². The molecule has 0 spiro atoms. The second-order valence-corrected chi connectivity index (χ2v) is 7.05. The van der Waals surface area contributed by atoms with E-state index in [-0.39, 0.29) is 18.6 Å². The molecular formula is C20H19Cl2NO3. The Bertz CT molecular complexity index is 793. The summed E-state index contributed by atoms with van der Waals surface area (Å²) in [7, 11) is 0. The molecule has 2 aromatic carbocycles. The van der Waals surface area contributed by atoms with Gasteiger partial charge in [-0.05, 0) is 31.2 Å². The highest BCUT2D eigenvalue weighted by atomic mass is 35.5. The summed E-state index contributed by atoms with van der Waals surface area (Å²) in [6.07, 6.45) is 2.97. The van der Waals surface area contributed by atoms with Gasteiger partial charge in [-0.2, -0.15) is 0 Å². The van der Waals surface area contributed by atoms with Gasteiger partial charge in [0.1, 0.15) is 18.4 Å². The minimum Gasteiger partial charge on any atom is -0.489 e. The Hall–Kier alpha value is -2.17. The van der Waals surface area contributed by atoms with Crippen molar-refractivity contribution in [3.63, 3.8) is 0 Å². The maximum atomic E-state index is 11.3. The first-order chi connectivity index (χ1) is 12.6. The minimum absolute atomic E-state index is 0.210. The van der Waals surface area contributed by atoms with Crippen LogP contribution in [0.3, 0.4) is 0 Å². The van der Waals surface area contributed by atoms with Crippen LogP contribution in [0.25, 0.3) is 0 Å². The number of ether oxygens (including phenoxy) is 2. The summed E-state index contributed by atoms with van der Waals surface area (Å²) in [4.78, 5) is 13.2. The monoisotopic (exact) mass is 391 g/mol. The van der Waals surface area contributed by atoms with Crippen LogP contribution in [0, 0.1) is 0 Å². The lowest BCUT2D eigenvalue weighted by molar-refractivity contribution is -0.137. The van der Waals surface area contributed by atoms with Crippen LogP contribution in [0.5, 0.6) is 5.75 Å². The molecule has 1 saturated heterocycles. The third-order valence-electron chi connectivity index (χ3n) is 3.96. The summed E-state index contributed by atoms with van der Waals surface area (Å²) in [5, 5.41) is 0. The van der Waals surface area contributed by atoms with E-state index in [4.69, 9.17) is 32.7 Å². The van der Waals surface area contributed by atoms with E-state index in [1.165, 1.54) is 6.08 Å². The molecule has 0 aromatic heterocycles. The first-order valence-corrected chi connectivity index (χ1v) is 9.08. The maximum absolute atomic E-state index is 11.3. The summed E-state index contributed by atoms with van der Waals surface area (Å²) >= 11 is 13.0. The highest BCUT2D eigenvalue weighted by molar-refractivity contribution is 6.53. The van der Waals surface area contributed by atoms with Crippen molar-refractivity contribution in [2.24, 2.45) is 0 Å². The van der Waals surface area contributed by atoms with Crippen LogP contribution in [-0.2, 0) is 9.53 Å². The summed E-state index contributed by atoms with van der Waals surface area (Å²) < 4.78 is 9.61. The van der Waals surface area contributed by atoms with E-state index in [2.05, 4.69) is 0 Å². The molecule has 0 bridgehead atoms. The van der Waals surface area contributed by atoms with E-state index in [1.807, 2.05) is 59.5 Å². The second-order valence-electron chi connectivity index (χ2n) is 5.70. The number of alkyl halides is 2. The van der Waals surface area contributed by atoms with E-state index in [0.29, 0.717) is 12.4 Å². The molecule has 1 unspecified atom stereocenters. The molecule has 1 fully saturated rings. The molecule has 3 rings (SSSR count). The third-order valence-corrected chi connectivity index (χ3v) is 4.74. The number of hydrogen-bond acceptors (Lipinski definition) is 4. The van der Waals surface area contributed by atoms with Crippen molar-refractivity contribution in [3.05, 3.63) is 72.3 Å². The molecule has 0 amide bonds. The normalized spacial score (nSPS) is 18.0. The van der Waals surface area contributed by atoms with Crippen molar-refractivity contribution >= 4 is 34.9 Å². The first-order valence-electron chi connectivity index (χ1n) is 8.33. The Kier molecular flexibility index (Phi) is 5.74. The van der Waals surface area contributed by atoms with Crippen molar-refractivity contribution in [3.8, 4) is 5.75 Å². The molecular weight excluding hydrogens is 373 g/mol. The zero-order valence-corrected chi connectivity index (χ0v) is 15.8. The van der Waals surface area contributed by atoms with Crippen molar-refractivity contribution in [2.75, 3.05) is 18.1 Å². The van der Waals surface area contributed by atoms with Crippen LogP contribution in [0.4, 0.5) is 5.69 Å². The lowest BCUT2D eigenvalue weighted by atomic mass is 10.1. The molecule has 0 saturated carbocycles. The zero-order valence-electron chi connectivity index (χ0n) is 14.3. The predicted molar refractivity (Wildman–Crippen MR) is 104 cm³/mol. The van der Waals surface area contributed by atoms with Crippen LogP contribution in [0.15, 0.2) is 66.7 Å². The average Bonchev–Trinajstić information content (AvgIpc) is 3.22. The molecule has 136 valence electrons. The summed E-state index contributed by atoms with van der Waals surface area (Å²) in [6, 6.07) is 17.1. The second kappa shape index (κ2) is 8.02. The number of esters is 1.